The van der Waals surface area contributed by atoms with Crippen LogP contribution in [0.4, 0.5) is 13.2 Å². The van der Waals surface area contributed by atoms with E-state index in [1.165, 1.54) is 19.1 Å². The minimum absolute atomic E-state index is 0.224. The second-order valence-corrected chi connectivity index (χ2v) is 5.35. The normalized spacial score (nSPS) is 13.9. The first-order valence-corrected chi connectivity index (χ1v) is 6.17. The first-order valence-electron chi connectivity index (χ1n) is 6.17. The standard InChI is InChI=1S/C14H18F3NO2/c1-9(19)12(20)18-8-13(2,3)10-4-6-11(7-5-10)14(15,16)17/h4-7,9,19H,8H2,1-3H3,(H,18,20)/t9-/m0/s1. The smallest absolute Gasteiger partial charge is 0.384 e. The summed E-state index contributed by atoms with van der Waals surface area (Å²) < 4.78 is 37.4. The van der Waals surface area contributed by atoms with Gasteiger partial charge in [0.1, 0.15) is 6.10 Å². The second-order valence-electron chi connectivity index (χ2n) is 5.35. The number of alkyl halides is 3. The van der Waals surface area contributed by atoms with E-state index in [1.807, 2.05) is 0 Å². The lowest BCUT2D eigenvalue weighted by Gasteiger charge is -2.26. The number of benzene rings is 1. The highest BCUT2D eigenvalue weighted by molar-refractivity contribution is 5.80. The van der Waals surface area contributed by atoms with Crippen LogP contribution in [-0.2, 0) is 16.4 Å². The topological polar surface area (TPSA) is 49.3 Å². The number of hydrogen-bond acceptors (Lipinski definition) is 2. The maximum absolute atomic E-state index is 12.5. The number of aliphatic hydroxyl groups is 1. The summed E-state index contributed by atoms with van der Waals surface area (Å²) in [5.74, 6) is -0.509. The molecule has 0 aliphatic rings. The number of rotatable bonds is 4. The van der Waals surface area contributed by atoms with Crippen molar-refractivity contribution in [2.75, 3.05) is 6.54 Å². The van der Waals surface area contributed by atoms with Gasteiger partial charge >= 0.3 is 6.18 Å². The molecule has 1 atom stereocenters. The Balaban J connectivity index is 2.80. The lowest BCUT2D eigenvalue weighted by Crippen LogP contribution is -2.40. The number of nitrogens with one attached hydrogen (secondary N) is 1. The zero-order chi connectivity index (χ0) is 15.6. The predicted molar refractivity (Wildman–Crippen MR) is 69.2 cm³/mol. The molecule has 0 radical (unpaired) electrons. The van der Waals surface area contributed by atoms with Gasteiger partial charge in [-0.25, -0.2) is 0 Å². The molecule has 3 nitrogen and oxygen atoms in total. The van der Waals surface area contributed by atoms with E-state index in [1.54, 1.807) is 13.8 Å². The second kappa shape index (κ2) is 5.83. The van der Waals surface area contributed by atoms with Gasteiger partial charge in [-0.15, -0.1) is 0 Å². The molecule has 0 aliphatic carbocycles. The Labute approximate surface area is 115 Å². The quantitative estimate of drug-likeness (QED) is 0.894. The van der Waals surface area contributed by atoms with Crippen molar-refractivity contribution in [2.24, 2.45) is 0 Å². The van der Waals surface area contributed by atoms with Gasteiger partial charge in [0, 0.05) is 12.0 Å². The molecule has 0 aliphatic heterocycles. The summed E-state index contributed by atoms with van der Waals surface area (Å²) in [7, 11) is 0. The van der Waals surface area contributed by atoms with E-state index in [4.69, 9.17) is 5.11 Å². The third-order valence-corrected chi connectivity index (χ3v) is 3.08. The van der Waals surface area contributed by atoms with E-state index < -0.39 is 29.2 Å². The van der Waals surface area contributed by atoms with E-state index in [2.05, 4.69) is 5.32 Å². The molecule has 2 N–H and O–H groups in total. The number of amides is 1. The van der Waals surface area contributed by atoms with Crippen molar-refractivity contribution in [2.45, 2.75) is 38.5 Å². The van der Waals surface area contributed by atoms with Crippen molar-refractivity contribution >= 4 is 5.91 Å². The lowest BCUT2D eigenvalue weighted by molar-refractivity contribution is -0.137. The number of hydrogen-bond donors (Lipinski definition) is 2. The molecule has 1 amide bonds. The average molecular weight is 289 g/mol. The largest absolute Gasteiger partial charge is 0.416 e. The van der Waals surface area contributed by atoms with E-state index in [0.717, 1.165) is 12.1 Å². The van der Waals surface area contributed by atoms with Crippen molar-refractivity contribution in [3.63, 3.8) is 0 Å². The van der Waals surface area contributed by atoms with Crippen LogP contribution < -0.4 is 5.32 Å². The molecule has 1 rings (SSSR count). The van der Waals surface area contributed by atoms with Crippen molar-refractivity contribution in [3.8, 4) is 0 Å². The van der Waals surface area contributed by atoms with Gasteiger partial charge in [-0.05, 0) is 24.6 Å². The Morgan fingerprint density at radius 2 is 1.65 bits per heavy atom. The molecular formula is C14H18F3NO2. The van der Waals surface area contributed by atoms with Crippen LogP contribution in [0.15, 0.2) is 24.3 Å². The summed E-state index contributed by atoms with van der Waals surface area (Å²) in [6.45, 7) is 5.18. The minimum Gasteiger partial charge on any atom is -0.384 e. The van der Waals surface area contributed by atoms with Gasteiger partial charge in [0.2, 0.25) is 5.91 Å². The highest BCUT2D eigenvalue weighted by Gasteiger charge is 2.31. The third kappa shape index (κ3) is 4.23. The number of carbonyl (C=O) groups excluding carboxylic acids is 1. The van der Waals surface area contributed by atoms with Crippen LogP contribution in [0, 0.1) is 0 Å². The van der Waals surface area contributed by atoms with Gasteiger partial charge in [0.15, 0.2) is 0 Å². The number of halogens is 3. The fourth-order valence-electron chi connectivity index (χ4n) is 1.67. The van der Waals surface area contributed by atoms with Gasteiger partial charge in [-0.2, -0.15) is 13.2 Å². The molecule has 1 aromatic rings. The zero-order valence-electron chi connectivity index (χ0n) is 11.6. The van der Waals surface area contributed by atoms with Crippen LogP contribution in [0.1, 0.15) is 31.9 Å². The molecular weight excluding hydrogens is 271 g/mol. The van der Waals surface area contributed by atoms with Crippen LogP contribution in [0.25, 0.3) is 0 Å². The van der Waals surface area contributed by atoms with E-state index in [-0.39, 0.29) is 6.54 Å². The predicted octanol–water partition coefficient (Wildman–Crippen LogP) is 2.48. The zero-order valence-corrected chi connectivity index (χ0v) is 11.6. The summed E-state index contributed by atoms with van der Waals surface area (Å²) in [5.41, 5.74) is -0.559. The number of aliphatic hydroxyl groups excluding tert-OH is 1. The Morgan fingerprint density at radius 1 is 1.20 bits per heavy atom. The lowest BCUT2D eigenvalue weighted by atomic mass is 9.84. The molecule has 0 fully saturated rings. The van der Waals surface area contributed by atoms with Crippen LogP contribution in [0.2, 0.25) is 0 Å². The maximum atomic E-state index is 12.5. The SMILES string of the molecule is C[C@H](O)C(=O)NCC(C)(C)c1ccc(C(F)(F)F)cc1. The van der Waals surface area contributed by atoms with Crippen molar-refractivity contribution < 1.29 is 23.1 Å². The van der Waals surface area contributed by atoms with E-state index >= 15 is 0 Å². The van der Waals surface area contributed by atoms with Crippen molar-refractivity contribution in [1.29, 1.82) is 0 Å². The maximum Gasteiger partial charge on any atom is 0.416 e. The highest BCUT2D eigenvalue weighted by atomic mass is 19.4. The Bertz CT molecular complexity index is 464. The number of carbonyl (C=O) groups is 1. The minimum atomic E-state index is -4.36. The van der Waals surface area contributed by atoms with Gasteiger partial charge in [0.25, 0.3) is 0 Å². The molecule has 0 saturated heterocycles. The first kappa shape index (κ1) is 16.5. The van der Waals surface area contributed by atoms with Crippen molar-refractivity contribution in [3.05, 3.63) is 35.4 Å². The summed E-state index contributed by atoms with van der Waals surface area (Å²) >= 11 is 0. The summed E-state index contributed by atoms with van der Waals surface area (Å²) in [5, 5.41) is 11.6. The third-order valence-electron chi connectivity index (χ3n) is 3.08. The molecule has 112 valence electrons. The van der Waals surface area contributed by atoms with Gasteiger partial charge in [0.05, 0.1) is 5.56 Å². The van der Waals surface area contributed by atoms with Crippen LogP contribution in [0.3, 0.4) is 0 Å². The molecule has 0 aromatic heterocycles. The van der Waals surface area contributed by atoms with Crippen molar-refractivity contribution in [1.82, 2.24) is 5.32 Å². The summed E-state index contributed by atoms with van der Waals surface area (Å²) in [4.78, 5) is 11.3. The molecule has 0 unspecified atom stereocenters. The van der Waals surface area contributed by atoms with Crippen LogP contribution in [-0.4, -0.2) is 23.7 Å². The fraction of sp³-hybridized carbons (Fsp3) is 0.500. The van der Waals surface area contributed by atoms with E-state index in [0.29, 0.717) is 5.56 Å². The summed E-state index contributed by atoms with van der Waals surface area (Å²) in [6, 6.07) is 4.84. The van der Waals surface area contributed by atoms with Gasteiger partial charge in [-0.1, -0.05) is 26.0 Å². The molecule has 0 bridgehead atoms. The molecule has 0 heterocycles. The van der Waals surface area contributed by atoms with E-state index in [9.17, 15) is 18.0 Å². The molecule has 20 heavy (non-hydrogen) atoms. The van der Waals surface area contributed by atoms with Crippen LogP contribution >= 0.6 is 0 Å². The molecule has 0 saturated carbocycles. The average Bonchev–Trinajstić information content (AvgIpc) is 2.35. The monoisotopic (exact) mass is 289 g/mol. The fourth-order valence-corrected chi connectivity index (χ4v) is 1.67. The first-order chi connectivity index (χ1) is 9.04. The molecule has 0 spiro atoms. The van der Waals surface area contributed by atoms with Gasteiger partial charge in [-0.3, -0.25) is 4.79 Å². The highest BCUT2D eigenvalue weighted by Crippen LogP contribution is 2.31. The Kier molecular flexibility index (Phi) is 4.81. The Hall–Kier alpha value is -1.56. The Morgan fingerprint density at radius 3 is 2.05 bits per heavy atom. The van der Waals surface area contributed by atoms with Gasteiger partial charge < -0.3 is 10.4 Å². The molecule has 6 heteroatoms. The molecule has 1 aromatic carbocycles. The summed E-state index contributed by atoms with van der Waals surface area (Å²) in [6.07, 6.45) is -5.47. The van der Waals surface area contributed by atoms with Crippen LogP contribution in [0.5, 0.6) is 0 Å².